The van der Waals surface area contributed by atoms with E-state index in [9.17, 15) is 14.4 Å². The lowest BCUT2D eigenvalue weighted by molar-refractivity contribution is -0.142. The number of aryl methyl sites for hydroxylation is 2. The molecule has 1 spiro atoms. The Balaban J connectivity index is 1.38. The molecule has 2 atom stereocenters. The normalized spacial score (nSPS) is 22.8. The highest BCUT2D eigenvalue weighted by Gasteiger charge is 2.55. The number of hydrogen-bond acceptors (Lipinski definition) is 3. The maximum atomic E-state index is 13.6. The van der Waals surface area contributed by atoms with Crippen LogP contribution in [0.3, 0.4) is 0 Å². The second-order valence-corrected chi connectivity index (χ2v) is 9.76. The Labute approximate surface area is 194 Å². The minimum Gasteiger partial charge on any atom is -0.334 e. The van der Waals surface area contributed by atoms with Gasteiger partial charge >= 0.3 is 6.03 Å². The fourth-order valence-corrected chi connectivity index (χ4v) is 5.57. The van der Waals surface area contributed by atoms with E-state index in [1.54, 1.807) is 0 Å². The van der Waals surface area contributed by atoms with Crippen molar-refractivity contribution in [1.82, 2.24) is 15.1 Å². The summed E-state index contributed by atoms with van der Waals surface area (Å²) >= 11 is 0. The molecule has 6 heteroatoms. The van der Waals surface area contributed by atoms with Crippen molar-refractivity contribution in [3.05, 3.63) is 70.8 Å². The molecular weight excluding hydrogens is 414 g/mol. The summed E-state index contributed by atoms with van der Waals surface area (Å²) < 4.78 is 0. The minimum atomic E-state index is -1.03. The second-order valence-electron chi connectivity index (χ2n) is 9.76. The zero-order valence-electron chi connectivity index (χ0n) is 19.3. The monoisotopic (exact) mass is 445 g/mol. The van der Waals surface area contributed by atoms with Gasteiger partial charge in [-0.1, -0.05) is 55.0 Å². The quantitative estimate of drug-likeness (QED) is 0.686. The summed E-state index contributed by atoms with van der Waals surface area (Å²) in [4.78, 5) is 43.0. The fraction of sp³-hybridized carbons (Fsp3) is 0.444. The first-order chi connectivity index (χ1) is 15.9. The van der Waals surface area contributed by atoms with Crippen molar-refractivity contribution in [2.24, 2.45) is 5.92 Å². The Morgan fingerprint density at radius 2 is 1.88 bits per heavy atom. The molecule has 1 saturated heterocycles. The van der Waals surface area contributed by atoms with E-state index in [2.05, 4.69) is 12.2 Å². The van der Waals surface area contributed by atoms with Crippen molar-refractivity contribution >= 4 is 17.8 Å². The molecule has 5 rings (SSSR count). The van der Waals surface area contributed by atoms with Gasteiger partial charge < -0.3 is 10.2 Å². The molecule has 1 N–H and O–H groups in total. The van der Waals surface area contributed by atoms with Crippen LogP contribution in [0.15, 0.2) is 48.5 Å². The number of hydrogen-bond donors (Lipinski definition) is 1. The third kappa shape index (κ3) is 3.62. The number of urea groups is 1. The molecule has 0 aromatic heterocycles. The highest BCUT2D eigenvalue weighted by atomic mass is 16.2. The molecule has 2 aromatic carbocycles. The van der Waals surface area contributed by atoms with E-state index in [4.69, 9.17) is 0 Å². The molecular formula is C27H31N3O3. The number of imide groups is 1. The predicted molar refractivity (Wildman–Crippen MR) is 125 cm³/mol. The average Bonchev–Trinajstić information content (AvgIpc) is 3.25. The molecule has 2 aromatic rings. The Bertz CT molecular complexity index is 1110. The molecule has 6 nitrogen and oxygen atoms in total. The molecule has 3 aliphatic rings. The summed E-state index contributed by atoms with van der Waals surface area (Å²) in [6.07, 6.45) is 4.69. The third-order valence-electron chi connectivity index (χ3n) is 7.96. The van der Waals surface area contributed by atoms with Gasteiger partial charge in [0.1, 0.15) is 12.1 Å². The largest absolute Gasteiger partial charge is 0.334 e. The van der Waals surface area contributed by atoms with E-state index >= 15 is 0 Å². The lowest BCUT2D eigenvalue weighted by Crippen LogP contribution is -2.49. The number of fused-ring (bicyclic) bond motifs is 2. The van der Waals surface area contributed by atoms with Gasteiger partial charge in [0.2, 0.25) is 5.91 Å². The maximum absolute atomic E-state index is 13.6. The Kier molecular flexibility index (Phi) is 5.47. The SMILES string of the molecule is Cc1ccccc1CN(C(=O)CN1C(=O)NC2(CCc3ccccc32)C1=O)[C@@H](C)C1CCC1. The van der Waals surface area contributed by atoms with Crippen LogP contribution in [0, 0.1) is 12.8 Å². The number of carbonyl (C=O) groups is 3. The van der Waals surface area contributed by atoms with E-state index < -0.39 is 11.6 Å². The Morgan fingerprint density at radius 3 is 2.61 bits per heavy atom. The van der Waals surface area contributed by atoms with Gasteiger partial charge in [0.05, 0.1) is 0 Å². The fourth-order valence-electron chi connectivity index (χ4n) is 5.57. The van der Waals surface area contributed by atoms with Gasteiger partial charge in [-0.05, 0) is 67.7 Å². The molecule has 33 heavy (non-hydrogen) atoms. The molecule has 0 bridgehead atoms. The number of carbonyl (C=O) groups excluding carboxylic acids is 3. The van der Waals surface area contributed by atoms with Gasteiger partial charge in [-0.25, -0.2) is 4.79 Å². The van der Waals surface area contributed by atoms with Gasteiger partial charge in [0, 0.05) is 12.6 Å². The molecule has 2 fully saturated rings. The van der Waals surface area contributed by atoms with Gasteiger partial charge in [0.25, 0.3) is 5.91 Å². The highest BCUT2D eigenvalue weighted by molar-refractivity contribution is 6.09. The van der Waals surface area contributed by atoms with Crippen molar-refractivity contribution in [2.75, 3.05) is 6.54 Å². The molecule has 1 unspecified atom stereocenters. The molecule has 0 radical (unpaired) electrons. The molecule has 1 aliphatic heterocycles. The van der Waals surface area contributed by atoms with Crippen molar-refractivity contribution < 1.29 is 14.4 Å². The summed E-state index contributed by atoms with van der Waals surface area (Å²) in [5.41, 5.74) is 3.13. The molecule has 172 valence electrons. The van der Waals surface area contributed by atoms with Gasteiger partial charge in [-0.3, -0.25) is 14.5 Å². The third-order valence-corrected chi connectivity index (χ3v) is 7.96. The van der Waals surface area contributed by atoms with Crippen LogP contribution in [0.2, 0.25) is 0 Å². The lowest BCUT2D eigenvalue weighted by Gasteiger charge is -2.40. The van der Waals surface area contributed by atoms with Crippen molar-refractivity contribution in [2.45, 2.75) is 64.1 Å². The first-order valence-corrected chi connectivity index (χ1v) is 12.0. The van der Waals surface area contributed by atoms with E-state index in [0.717, 1.165) is 46.4 Å². The van der Waals surface area contributed by atoms with Gasteiger partial charge in [-0.2, -0.15) is 0 Å². The molecule has 1 saturated carbocycles. The molecule has 4 amide bonds. The summed E-state index contributed by atoms with van der Waals surface area (Å²) in [6, 6.07) is 15.4. The Hall–Kier alpha value is -3.15. The van der Waals surface area contributed by atoms with Crippen LogP contribution in [0.5, 0.6) is 0 Å². The smallest absolute Gasteiger partial charge is 0.325 e. The molecule has 1 heterocycles. The van der Waals surface area contributed by atoms with Gasteiger partial charge in [-0.15, -0.1) is 0 Å². The zero-order chi connectivity index (χ0) is 23.2. The molecule has 2 aliphatic carbocycles. The Morgan fingerprint density at radius 1 is 1.15 bits per heavy atom. The van der Waals surface area contributed by atoms with E-state index in [1.807, 2.05) is 60.4 Å². The predicted octanol–water partition coefficient (Wildman–Crippen LogP) is 3.91. The number of benzene rings is 2. The first kappa shape index (κ1) is 21.7. The number of nitrogens with one attached hydrogen (secondary N) is 1. The zero-order valence-corrected chi connectivity index (χ0v) is 19.3. The second kappa shape index (κ2) is 8.32. The number of nitrogens with zero attached hydrogens (tertiary/aromatic N) is 2. The topological polar surface area (TPSA) is 69.7 Å². The van der Waals surface area contributed by atoms with Crippen molar-refractivity contribution in [3.63, 3.8) is 0 Å². The van der Waals surface area contributed by atoms with Crippen molar-refractivity contribution in [1.29, 1.82) is 0 Å². The van der Waals surface area contributed by atoms with Crippen LogP contribution in [0.1, 0.15) is 54.9 Å². The van der Waals surface area contributed by atoms with Gasteiger partial charge in [0.15, 0.2) is 0 Å². The van der Waals surface area contributed by atoms with Crippen LogP contribution in [-0.2, 0) is 28.1 Å². The summed E-state index contributed by atoms with van der Waals surface area (Å²) in [5, 5.41) is 2.93. The first-order valence-electron chi connectivity index (χ1n) is 12.0. The van der Waals surface area contributed by atoms with E-state index in [-0.39, 0.29) is 24.4 Å². The van der Waals surface area contributed by atoms with Crippen LogP contribution in [0.25, 0.3) is 0 Å². The van der Waals surface area contributed by atoms with Crippen LogP contribution >= 0.6 is 0 Å². The van der Waals surface area contributed by atoms with Crippen molar-refractivity contribution in [3.8, 4) is 0 Å². The van der Waals surface area contributed by atoms with Crippen LogP contribution < -0.4 is 5.32 Å². The number of amides is 4. The standard InChI is InChI=1S/C27H31N3O3/c1-18-8-3-4-10-22(18)16-29(19(2)20-11-7-12-20)24(31)17-30-25(32)27(28-26(30)33)15-14-21-9-5-6-13-23(21)27/h3-6,8-10,13,19-20H,7,11-12,14-17H2,1-2H3,(H,28,33)/t19-,27?/m0/s1. The summed E-state index contributed by atoms with van der Waals surface area (Å²) in [6.45, 7) is 4.41. The van der Waals surface area contributed by atoms with E-state index in [1.165, 1.54) is 6.42 Å². The highest BCUT2D eigenvalue weighted by Crippen LogP contribution is 2.41. The summed E-state index contributed by atoms with van der Waals surface area (Å²) in [7, 11) is 0. The summed E-state index contributed by atoms with van der Waals surface area (Å²) in [5.74, 6) is -0.0171. The van der Waals surface area contributed by atoms with E-state index in [0.29, 0.717) is 18.9 Å². The van der Waals surface area contributed by atoms with Crippen LogP contribution in [-0.4, -0.2) is 40.2 Å². The lowest BCUT2D eigenvalue weighted by atomic mass is 9.79. The number of rotatable bonds is 6. The average molecular weight is 446 g/mol. The maximum Gasteiger partial charge on any atom is 0.325 e. The minimum absolute atomic E-state index is 0.0628. The van der Waals surface area contributed by atoms with Crippen LogP contribution in [0.4, 0.5) is 4.79 Å².